The molecule has 0 heterocycles. The first-order chi connectivity index (χ1) is 9.67. The Morgan fingerprint density at radius 3 is 2.70 bits per heavy atom. The predicted molar refractivity (Wildman–Crippen MR) is 76.4 cm³/mol. The van der Waals surface area contributed by atoms with Gasteiger partial charge in [0.1, 0.15) is 6.54 Å². The van der Waals surface area contributed by atoms with Crippen molar-refractivity contribution in [2.75, 3.05) is 19.7 Å². The van der Waals surface area contributed by atoms with Gasteiger partial charge in [0.2, 0.25) is 5.91 Å². The third-order valence-electron chi connectivity index (χ3n) is 3.58. The molecular weight excluding hydrogens is 254 g/mol. The van der Waals surface area contributed by atoms with Crippen LogP contribution in [-0.4, -0.2) is 36.5 Å². The summed E-state index contributed by atoms with van der Waals surface area (Å²) in [5.74, 6) is -0.382. The lowest BCUT2D eigenvalue weighted by Crippen LogP contribution is -2.42. The molecule has 0 saturated heterocycles. The van der Waals surface area contributed by atoms with Crippen LogP contribution in [0.3, 0.4) is 0 Å². The summed E-state index contributed by atoms with van der Waals surface area (Å²) >= 11 is 0. The molecule has 20 heavy (non-hydrogen) atoms. The second kappa shape index (κ2) is 6.55. The number of esters is 1. The van der Waals surface area contributed by atoms with Crippen molar-refractivity contribution >= 4 is 11.9 Å². The third-order valence-corrected chi connectivity index (χ3v) is 3.58. The van der Waals surface area contributed by atoms with Gasteiger partial charge >= 0.3 is 5.97 Å². The minimum Gasteiger partial charge on any atom is -0.465 e. The lowest BCUT2D eigenvalue weighted by molar-refractivity contribution is -0.149. The molecular formula is C16H21NO3. The summed E-state index contributed by atoms with van der Waals surface area (Å²) in [4.78, 5) is 25.8. The van der Waals surface area contributed by atoms with E-state index in [9.17, 15) is 9.59 Å². The standard InChI is InChI=1S/C16H21NO3/c1-3-9-17(11-15(18)20-4-2)16(19)14-10-12-7-5-6-8-13(12)14/h5-8,14H,3-4,9-11H2,1-2H3. The summed E-state index contributed by atoms with van der Waals surface area (Å²) in [6.07, 6.45) is 1.61. The molecule has 2 rings (SSSR count). The van der Waals surface area contributed by atoms with Gasteiger partial charge in [-0.1, -0.05) is 31.2 Å². The summed E-state index contributed by atoms with van der Waals surface area (Å²) in [7, 11) is 0. The van der Waals surface area contributed by atoms with E-state index in [1.165, 1.54) is 5.56 Å². The minimum atomic E-state index is -0.332. The van der Waals surface area contributed by atoms with Crippen LogP contribution in [0.25, 0.3) is 0 Å². The van der Waals surface area contributed by atoms with Crippen LogP contribution < -0.4 is 0 Å². The van der Waals surface area contributed by atoms with Gasteiger partial charge in [-0.2, -0.15) is 0 Å². The topological polar surface area (TPSA) is 46.6 Å². The van der Waals surface area contributed by atoms with E-state index in [1.807, 2.05) is 25.1 Å². The highest BCUT2D eigenvalue weighted by atomic mass is 16.5. The monoisotopic (exact) mass is 275 g/mol. The molecule has 1 aliphatic rings. The van der Waals surface area contributed by atoms with E-state index in [-0.39, 0.29) is 24.3 Å². The number of benzene rings is 1. The van der Waals surface area contributed by atoms with Crippen LogP contribution in [0.15, 0.2) is 24.3 Å². The van der Waals surface area contributed by atoms with Gasteiger partial charge in [-0.3, -0.25) is 9.59 Å². The molecule has 4 nitrogen and oxygen atoms in total. The number of hydrogen-bond donors (Lipinski definition) is 0. The average Bonchev–Trinajstić information content (AvgIpc) is 2.40. The maximum atomic E-state index is 12.5. The molecule has 0 bridgehead atoms. The van der Waals surface area contributed by atoms with Gasteiger partial charge in [-0.25, -0.2) is 0 Å². The van der Waals surface area contributed by atoms with Gasteiger partial charge in [0, 0.05) is 6.54 Å². The molecule has 0 aromatic heterocycles. The van der Waals surface area contributed by atoms with Gasteiger partial charge in [-0.15, -0.1) is 0 Å². The second-order valence-corrected chi connectivity index (χ2v) is 5.02. The average molecular weight is 275 g/mol. The third kappa shape index (κ3) is 3.00. The molecule has 0 saturated carbocycles. The molecule has 4 heteroatoms. The van der Waals surface area contributed by atoms with Crippen LogP contribution in [0.2, 0.25) is 0 Å². The molecule has 0 spiro atoms. The first-order valence-electron chi connectivity index (χ1n) is 7.19. The summed E-state index contributed by atoms with van der Waals surface area (Å²) in [6, 6.07) is 7.99. The molecule has 1 amide bonds. The highest BCUT2D eigenvalue weighted by Gasteiger charge is 2.35. The molecule has 108 valence electrons. The van der Waals surface area contributed by atoms with Gasteiger partial charge in [-0.05, 0) is 30.9 Å². The molecule has 1 atom stereocenters. The zero-order valence-corrected chi connectivity index (χ0v) is 12.1. The van der Waals surface area contributed by atoms with Gasteiger partial charge in [0.25, 0.3) is 0 Å². The van der Waals surface area contributed by atoms with Crippen molar-refractivity contribution in [3.63, 3.8) is 0 Å². The quantitative estimate of drug-likeness (QED) is 0.747. The Bertz CT molecular complexity index is 498. The Hall–Kier alpha value is -1.84. The van der Waals surface area contributed by atoms with Crippen molar-refractivity contribution in [2.24, 2.45) is 0 Å². The van der Waals surface area contributed by atoms with Crippen LogP contribution in [-0.2, 0) is 20.7 Å². The maximum Gasteiger partial charge on any atom is 0.325 e. The number of fused-ring (bicyclic) bond motifs is 1. The van der Waals surface area contributed by atoms with Crippen molar-refractivity contribution in [1.29, 1.82) is 0 Å². The SMILES string of the molecule is CCCN(CC(=O)OCC)C(=O)C1Cc2ccccc21. The van der Waals surface area contributed by atoms with E-state index in [0.29, 0.717) is 13.2 Å². The van der Waals surface area contributed by atoms with Crippen molar-refractivity contribution in [1.82, 2.24) is 4.90 Å². The number of nitrogens with zero attached hydrogens (tertiary/aromatic N) is 1. The van der Waals surface area contributed by atoms with E-state index in [2.05, 4.69) is 6.07 Å². The number of hydrogen-bond acceptors (Lipinski definition) is 3. The Kier molecular flexibility index (Phi) is 4.77. The predicted octanol–water partition coefficient (Wildman–Crippen LogP) is 2.13. The zero-order chi connectivity index (χ0) is 14.5. The summed E-state index contributed by atoms with van der Waals surface area (Å²) in [6.45, 7) is 4.76. The van der Waals surface area contributed by atoms with Crippen molar-refractivity contribution in [3.8, 4) is 0 Å². The Balaban J connectivity index is 2.03. The van der Waals surface area contributed by atoms with E-state index >= 15 is 0 Å². The molecule has 0 radical (unpaired) electrons. The molecule has 0 aliphatic heterocycles. The fraction of sp³-hybridized carbons (Fsp3) is 0.500. The van der Waals surface area contributed by atoms with Crippen LogP contribution >= 0.6 is 0 Å². The minimum absolute atomic E-state index is 0.0404. The first-order valence-corrected chi connectivity index (χ1v) is 7.19. The van der Waals surface area contributed by atoms with Gasteiger partial charge in [0.05, 0.1) is 12.5 Å². The smallest absolute Gasteiger partial charge is 0.325 e. The molecule has 1 aliphatic carbocycles. The number of ether oxygens (including phenoxy) is 1. The van der Waals surface area contributed by atoms with Gasteiger partial charge < -0.3 is 9.64 Å². The van der Waals surface area contributed by atoms with Crippen molar-refractivity contribution < 1.29 is 14.3 Å². The Morgan fingerprint density at radius 2 is 2.05 bits per heavy atom. The van der Waals surface area contributed by atoms with Crippen molar-refractivity contribution in [3.05, 3.63) is 35.4 Å². The Labute approximate surface area is 119 Å². The fourth-order valence-corrected chi connectivity index (χ4v) is 2.60. The van der Waals surface area contributed by atoms with E-state index in [1.54, 1.807) is 11.8 Å². The lowest BCUT2D eigenvalue weighted by atomic mass is 9.77. The van der Waals surface area contributed by atoms with E-state index in [4.69, 9.17) is 4.74 Å². The lowest BCUT2D eigenvalue weighted by Gasteiger charge is -2.33. The molecule has 0 N–H and O–H groups in total. The normalized spacial score (nSPS) is 16.0. The zero-order valence-electron chi connectivity index (χ0n) is 12.1. The molecule has 1 unspecified atom stereocenters. The molecule has 1 aromatic rings. The number of carbonyl (C=O) groups excluding carboxylic acids is 2. The number of rotatable bonds is 6. The van der Waals surface area contributed by atoms with Crippen LogP contribution in [0.5, 0.6) is 0 Å². The number of amides is 1. The second-order valence-electron chi connectivity index (χ2n) is 5.02. The maximum absolute atomic E-state index is 12.5. The number of carbonyl (C=O) groups is 2. The molecule has 1 aromatic carbocycles. The van der Waals surface area contributed by atoms with E-state index < -0.39 is 0 Å². The largest absolute Gasteiger partial charge is 0.465 e. The van der Waals surface area contributed by atoms with Crippen LogP contribution in [0, 0.1) is 0 Å². The van der Waals surface area contributed by atoms with Crippen molar-refractivity contribution in [2.45, 2.75) is 32.6 Å². The van der Waals surface area contributed by atoms with Crippen LogP contribution in [0.1, 0.15) is 37.3 Å². The van der Waals surface area contributed by atoms with Gasteiger partial charge in [0.15, 0.2) is 0 Å². The fourth-order valence-electron chi connectivity index (χ4n) is 2.60. The summed E-state index contributed by atoms with van der Waals surface area (Å²) < 4.78 is 4.94. The summed E-state index contributed by atoms with van der Waals surface area (Å²) in [5.41, 5.74) is 2.33. The van der Waals surface area contributed by atoms with E-state index in [0.717, 1.165) is 18.4 Å². The first kappa shape index (κ1) is 14.6. The summed E-state index contributed by atoms with van der Waals surface area (Å²) in [5, 5.41) is 0. The van der Waals surface area contributed by atoms with Crippen LogP contribution in [0.4, 0.5) is 0 Å². The highest BCUT2D eigenvalue weighted by Crippen LogP contribution is 2.36. The highest BCUT2D eigenvalue weighted by molar-refractivity contribution is 5.89. The Morgan fingerprint density at radius 1 is 1.30 bits per heavy atom. The molecule has 0 fully saturated rings.